The third-order valence-corrected chi connectivity index (χ3v) is 4.31. The number of rotatable bonds is 4. The average molecular weight is 329 g/mol. The summed E-state index contributed by atoms with van der Waals surface area (Å²) in [7, 11) is 0. The first-order chi connectivity index (χ1) is 11.7. The summed E-state index contributed by atoms with van der Waals surface area (Å²) in [5.41, 5.74) is 0.988. The van der Waals surface area contributed by atoms with Crippen LogP contribution in [0.15, 0.2) is 18.2 Å². The standard InChI is InChI=1S/C16H19N5O3/c1-11-18-19-15-8-20(4-5-21(11)15)9-16(22)17-7-12-2-3-13-14(6-12)24-10-23-13/h2-3,6H,4-5,7-10H2,1H3,(H,17,22). The highest BCUT2D eigenvalue weighted by molar-refractivity contribution is 5.78. The van der Waals surface area contributed by atoms with Gasteiger partial charge in [0.05, 0.1) is 13.1 Å². The minimum atomic E-state index is -0.00245. The first-order valence-electron chi connectivity index (χ1n) is 7.95. The lowest BCUT2D eigenvalue weighted by Crippen LogP contribution is -2.41. The van der Waals surface area contributed by atoms with Crippen LogP contribution >= 0.6 is 0 Å². The fourth-order valence-electron chi connectivity index (χ4n) is 3.00. The molecule has 8 heteroatoms. The number of fused-ring (bicyclic) bond motifs is 2. The molecule has 0 bridgehead atoms. The number of amides is 1. The van der Waals surface area contributed by atoms with E-state index in [0.717, 1.165) is 41.8 Å². The molecule has 8 nitrogen and oxygen atoms in total. The summed E-state index contributed by atoms with van der Waals surface area (Å²) in [6.45, 7) is 5.33. The van der Waals surface area contributed by atoms with E-state index in [2.05, 4.69) is 25.0 Å². The summed E-state index contributed by atoms with van der Waals surface area (Å²) >= 11 is 0. The summed E-state index contributed by atoms with van der Waals surface area (Å²) in [4.78, 5) is 14.3. The van der Waals surface area contributed by atoms with Crippen LogP contribution in [-0.4, -0.2) is 45.5 Å². The van der Waals surface area contributed by atoms with E-state index in [1.54, 1.807) is 0 Å². The van der Waals surface area contributed by atoms with E-state index in [1.165, 1.54) is 0 Å². The number of carbonyl (C=O) groups excluding carboxylic acids is 1. The van der Waals surface area contributed by atoms with Crippen molar-refractivity contribution in [3.8, 4) is 11.5 Å². The molecular weight excluding hydrogens is 310 g/mol. The predicted octanol–water partition coefficient (Wildman–Crippen LogP) is 0.447. The number of aryl methyl sites for hydroxylation is 1. The quantitative estimate of drug-likeness (QED) is 0.877. The van der Waals surface area contributed by atoms with Crippen molar-refractivity contribution in [2.75, 3.05) is 19.9 Å². The van der Waals surface area contributed by atoms with E-state index >= 15 is 0 Å². The molecule has 2 aliphatic heterocycles. The van der Waals surface area contributed by atoms with Gasteiger partial charge in [0.2, 0.25) is 12.7 Å². The molecule has 1 aromatic heterocycles. The second kappa shape index (κ2) is 6.12. The van der Waals surface area contributed by atoms with Crippen LogP contribution in [0.5, 0.6) is 11.5 Å². The summed E-state index contributed by atoms with van der Waals surface area (Å²) in [6.07, 6.45) is 0. The van der Waals surface area contributed by atoms with Crippen LogP contribution in [0.25, 0.3) is 0 Å². The van der Waals surface area contributed by atoms with Gasteiger partial charge in [-0.05, 0) is 24.6 Å². The Morgan fingerprint density at radius 2 is 2.12 bits per heavy atom. The first kappa shape index (κ1) is 14.9. The van der Waals surface area contributed by atoms with Crippen molar-refractivity contribution in [2.24, 2.45) is 0 Å². The Kier molecular flexibility index (Phi) is 3.81. The molecular formula is C16H19N5O3. The maximum Gasteiger partial charge on any atom is 0.234 e. The molecule has 0 radical (unpaired) electrons. The molecule has 0 saturated carbocycles. The van der Waals surface area contributed by atoms with E-state index < -0.39 is 0 Å². The molecule has 1 aromatic carbocycles. The molecule has 0 fully saturated rings. The Balaban J connectivity index is 1.30. The summed E-state index contributed by atoms with van der Waals surface area (Å²) in [5, 5.41) is 11.2. The van der Waals surface area contributed by atoms with Crippen LogP contribution in [0.2, 0.25) is 0 Å². The number of hydrogen-bond acceptors (Lipinski definition) is 6. The Bertz CT molecular complexity index is 773. The largest absolute Gasteiger partial charge is 0.454 e. The summed E-state index contributed by atoms with van der Waals surface area (Å²) in [5.74, 6) is 3.32. The van der Waals surface area contributed by atoms with Gasteiger partial charge >= 0.3 is 0 Å². The lowest BCUT2D eigenvalue weighted by atomic mass is 10.2. The number of ether oxygens (including phenoxy) is 2. The number of hydrogen-bond donors (Lipinski definition) is 1. The monoisotopic (exact) mass is 329 g/mol. The normalized spacial score (nSPS) is 16.0. The van der Waals surface area contributed by atoms with Crippen LogP contribution in [-0.2, 0) is 24.4 Å². The smallest absolute Gasteiger partial charge is 0.234 e. The molecule has 1 amide bonds. The molecule has 0 aliphatic carbocycles. The molecule has 3 heterocycles. The topological polar surface area (TPSA) is 81.5 Å². The number of nitrogens with zero attached hydrogens (tertiary/aromatic N) is 4. The van der Waals surface area contributed by atoms with Gasteiger partial charge in [0, 0.05) is 19.6 Å². The van der Waals surface area contributed by atoms with E-state index in [4.69, 9.17) is 9.47 Å². The first-order valence-corrected chi connectivity index (χ1v) is 7.95. The molecule has 0 saturated heterocycles. The molecule has 0 spiro atoms. The van der Waals surface area contributed by atoms with Crippen molar-refractivity contribution in [3.05, 3.63) is 35.4 Å². The van der Waals surface area contributed by atoms with E-state index in [0.29, 0.717) is 19.6 Å². The highest BCUT2D eigenvalue weighted by Crippen LogP contribution is 2.32. The lowest BCUT2D eigenvalue weighted by Gasteiger charge is -2.26. The van der Waals surface area contributed by atoms with Gasteiger partial charge < -0.3 is 19.4 Å². The van der Waals surface area contributed by atoms with Gasteiger partial charge in [0.15, 0.2) is 11.5 Å². The van der Waals surface area contributed by atoms with Gasteiger partial charge in [-0.3, -0.25) is 9.69 Å². The van der Waals surface area contributed by atoms with E-state index in [9.17, 15) is 4.79 Å². The second-order valence-corrected chi connectivity index (χ2v) is 5.99. The van der Waals surface area contributed by atoms with Crippen molar-refractivity contribution in [1.29, 1.82) is 0 Å². The zero-order chi connectivity index (χ0) is 16.5. The van der Waals surface area contributed by atoms with Gasteiger partial charge in [-0.2, -0.15) is 0 Å². The van der Waals surface area contributed by atoms with Gasteiger partial charge in [-0.25, -0.2) is 0 Å². The highest BCUT2D eigenvalue weighted by atomic mass is 16.7. The third-order valence-electron chi connectivity index (χ3n) is 4.31. The molecule has 0 atom stereocenters. The zero-order valence-electron chi connectivity index (χ0n) is 13.5. The van der Waals surface area contributed by atoms with Crippen LogP contribution in [0.3, 0.4) is 0 Å². The summed E-state index contributed by atoms with van der Waals surface area (Å²) in [6, 6.07) is 5.69. The number of benzene rings is 1. The molecule has 2 aromatic rings. The molecule has 1 N–H and O–H groups in total. The van der Waals surface area contributed by atoms with Crippen molar-refractivity contribution in [3.63, 3.8) is 0 Å². The lowest BCUT2D eigenvalue weighted by molar-refractivity contribution is -0.122. The fraction of sp³-hybridized carbons (Fsp3) is 0.438. The van der Waals surface area contributed by atoms with Gasteiger partial charge in [0.25, 0.3) is 0 Å². The number of aromatic nitrogens is 3. The Morgan fingerprint density at radius 3 is 3.04 bits per heavy atom. The van der Waals surface area contributed by atoms with Gasteiger partial charge in [-0.15, -0.1) is 10.2 Å². The van der Waals surface area contributed by atoms with Gasteiger partial charge in [0.1, 0.15) is 11.6 Å². The van der Waals surface area contributed by atoms with Crippen molar-refractivity contribution < 1.29 is 14.3 Å². The van der Waals surface area contributed by atoms with Crippen LogP contribution in [0.4, 0.5) is 0 Å². The van der Waals surface area contributed by atoms with Crippen LogP contribution in [0.1, 0.15) is 17.2 Å². The minimum absolute atomic E-state index is 0.00245. The molecule has 4 rings (SSSR count). The Labute approximate surface area is 139 Å². The number of nitrogens with one attached hydrogen (secondary N) is 1. The van der Waals surface area contributed by atoms with Crippen LogP contribution < -0.4 is 14.8 Å². The van der Waals surface area contributed by atoms with Crippen molar-refractivity contribution >= 4 is 5.91 Å². The molecule has 126 valence electrons. The maximum absolute atomic E-state index is 12.2. The Morgan fingerprint density at radius 1 is 1.25 bits per heavy atom. The zero-order valence-corrected chi connectivity index (χ0v) is 13.5. The third kappa shape index (κ3) is 2.92. The van der Waals surface area contributed by atoms with Crippen molar-refractivity contribution in [1.82, 2.24) is 25.0 Å². The second-order valence-electron chi connectivity index (χ2n) is 5.99. The van der Waals surface area contributed by atoms with Crippen LogP contribution in [0, 0.1) is 6.92 Å². The van der Waals surface area contributed by atoms with Gasteiger partial charge in [-0.1, -0.05) is 6.07 Å². The summed E-state index contributed by atoms with van der Waals surface area (Å²) < 4.78 is 12.7. The average Bonchev–Trinajstić information content (AvgIpc) is 3.19. The maximum atomic E-state index is 12.2. The molecule has 24 heavy (non-hydrogen) atoms. The predicted molar refractivity (Wildman–Crippen MR) is 84.4 cm³/mol. The van der Waals surface area contributed by atoms with E-state index in [-0.39, 0.29) is 12.7 Å². The highest BCUT2D eigenvalue weighted by Gasteiger charge is 2.21. The SMILES string of the molecule is Cc1nnc2n1CCN(CC(=O)NCc1ccc3c(c1)OCO3)C2. The fourth-order valence-corrected chi connectivity index (χ4v) is 3.00. The van der Waals surface area contributed by atoms with Crippen molar-refractivity contribution in [2.45, 2.75) is 26.6 Å². The van der Waals surface area contributed by atoms with E-state index in [1.807, 2.05) is 25.1 Å². The molecule has 2 aliphatic rings. The Hall–Kier alpha value is -2.61. The number of carbonyl (C=O) groups is 1. The molecule has 0 unspecified atom stereocenters. The minimum Gasteiger partial charge on any atom is -0.454 e.